The molecular weight excluding hydrogens is 705 g/mol. The summed E-state index contributed by atoms with van der Waals surface area (Å²) in [5.41, 5.74) is 16.5. The normalized spacial score (nSPS) is 19.7. The van der Waals surface area contributed by atoms with E-state index in [1.165, 1.54) is 50.1 Å². The predicted molar refractivity (Wildman–Crippen MR) is 238 cm³/mol. The molecule has 58 heavy (non-hydrogen) atoms. The van der Waals surface area contributed by atoms with E-state index in [-0.39, 0.29) is 12.0 Å². The summed E-state index contributed by atoms with van der Waals surface area (Å²) in [4.78, 5) is 10.9. The first-order valence-corrected chi connectivity index (χ1v) is 20.5. The van der Waals surface area contributed by atoms with Gasteiger partial charge in [-0.3, -0.25) is 4.99 Å². The van der Waals surface area contributed by atoms with E-state index in [4.69, 9.17) is 14.7 Å². The van der Waals surface area contributed by atoms with Gasteiger partial charge in [0.2, 0.25) is 0 Å². The molecule has 4 aliphatic rings. The number of para-hydroxylation sites is 1. The highest BCUT2D eigenvalue weighted by Gasteiger charge is 2.51. The van der Waals surface area contributed by atoms with Gasteiger partial charge in [-0.05, 0) is 80.1 Å². The number of nitrogens with zero attached hydrogens (tertiary/aromatic N) is 2. The van der Waals surface area contributed by atoms with Crippen LogP contribution in [0.3, 0.4) is 0 Å². The third kappa shape index (κ3) is 5.27. The lowest BCUT2D eigenvalue weighted by molar-refractivity contribution is 0.436. The number of amidine groups is 1. The SMILES string of the molecule is CC1CC(C2=NC(c3ccccc3)=NC(c3ccccc3-c3ccc4c(c3)Oc3ccccc3C43c4ccccc4-c4ccccc43)C2C)=CC=C1c1ccccc1. The molecule has 7 aromatic carbocycles. The van der Waals surface area contributed by atoms with Crippen LogP contribution >= 0.6 is 0 Å². The average molecular weight is 747 g/mol. The van der Waals surface area contributed by atoms with Crippen molar-refractivity contribution in [1.82, 2.24) is 0 Å². The molecule has 2 aliphatic carbocycles. The van der Waals surface area contributed by atoms with Gasteiger partial charge in [0, 0.05) is 22.6 Å². The molecule has 0 fully saturated rings. The van der Waals surface area contributed by atoms with E-state index in [2.05, 4.69) is 202 Å². The number of rotatable bonds is 5. The van der Waals surface area contributed by atoms with E-state index in [1.807, 2.05) is 0 Å². The maximum absolute atomic E-state index is 6.93. The van der Waals surface area contributed by atoms with Crippen LogP contribution in [0.25, 0.3) is 27.8 Å². The van der Waals surface area contributed by atoms with Crippen LogP contribution in [0, 0.1) is 11.8 Å². The van der Waals surface area contributed by atoms with Gasteiger partial charge in [-0.1, -0.05) is 190 Å². The second kappa shape index (κ2) is 13.7. The highest BCUT2D eigenvalue weighted by molar-refractivity contribution is 6.15. The number of benzene rings is 7. The lowest BCUT2D eigenvalue weighted by atomic mass is 9.66. The van der Waals surface area contributed by atoms with Crippen molar-refractivity contribution in [3.05, 3.63) is 233 Å². The van der Waals surface area contributed by atoms with Crippen LogP contribution in [-0.4, -0.2) is 11.5 Å². The summed E-state index contributed by atoms with van der Waals surface area (Å²) in [6.07, 6.45) is 5.55. The first kappa shape index (κ1) is 34.4. The topological polar surface area (TPSA) is 34.0 Å². The number of ether oxygens (including phenoxy) is 1. The standard InChI is InChI=1S/C55H42N2O/c1-35-33-40(29-31-41(35)37-17-5-3-6-18-37)52-36(2)53(57-54(56-52)38-19-7-4-8-20-38)45-24-10-9-21-42(45)39-30-32-49-51(34-39)58-50-28-16-15-27-48(50)55(49)46-25-13-11-22-43(46)44-23-12-14-26-47(44)55/h3-32,34-36,53H,33H2,1-2H3. The molecule has 0 bridgehead atoms. The van der Waals surface area contributed by atoms with E-state index < -0.39 is 5.41 Å². The molecule has 3 heteroatoms. The Kier molecular flexibility index (Phi) is 8.11. The Morgan fingerprint density at radius 2 is 1.10 bits per heavy atom. The van der Waals surface area contributed by atoms with Crippen LogP contribution in [0.15, 0.2) is 204 Å². The minimum absolute atomic E-state index is 0.0502. The summed E-state index contributed by atoms with van der Waals surface area (Å²) in [5.74, 6) is 2.97. The summed E-state index contributed by atoms with van der Waals surface area (Å²) >= 11 is 0. The van der Waals surface area contributed by atoms with Crippen LogP contribution in [0.5, 0.6) is 11.5 Å². The van der Waals surface area contributed by atoms with Gasteiger partial charge in [0.1, 0.15) is 11.5 Å². The summed E-state index contributed by atoms with van der Waals surface area (Å²) in [7, 11) is 0. The van der Waals surface area contributed by atoms with Gasteiger partial charge in [0.25, 0.3) is 0 Å². The molecule has 0 N–H and O–H groups in total. The number of fused-ring (bicyclic) bond motifs is 9. The minimum Gasteiger partial charge on any atom is -0.457 e. The van der Waals surface area contributed by atoms with Crippen molar-refractivity contribution < 1.29 is 4.74 Å². The summed E-state index contributed by atoms with van der Waals surface area (Å²) in [5, 5.41) is 0. The van der Waals surface area contributed by atoms with Gasteiger partial charge < -0.3 is 4.74 Å². The molecule has 3 nitrogen and oxygen atoms in total. The largest absolute Gasteiger partial charge is 0.457 e. The van der Waals surface area contributed by atoms with Gasteiger partial charge in [0.15, 0.2) is 5.84 Å². The zero-order chi connectivity index (χ0) is 38.8. The van der Waals surface area contributed by atoms with Crippen molar-refractivity contribution in [2.45, 2.75) is 31.7 Å². The quantitative estimate of drug-likeness (QED) is 0.173. The third-order valence-corrected chi connectivity index (χ3v) is 12.8. The van der Waals surface area contributed by atoms with Crippen molar-refractivity contribution >= 4 is 17.1 Å². The molecular formula is C55H42N2O. The molecule has 2 aliphatic heterocycles. The van der Waals surface area contributed by atoms with E-state index in [9.17, 15) is 0 Å². The molecule has 0 saturated carbocycles. The van der Waals surface area contributed by atoms with Crippen molar-refractivity contribution in [3.63, 3.8) is 0 Å². The van der Waals surface area contributed by atoms with Crippen LogP contribution < -0.4 is 4.74 Å². The summed E-state index contributed by atoms with van der Waals surface area (Å²) in [6, 6.07) is 63.1. The number of hydrogen-bond acceptors (Lipinski definition) is 3. The molecule has 0 aromatic heterocycles. The van der Waals surface area contributed by atoms with Gasteiger partial charge in [0.05, 0.1) is 17.2 Å². The van der Waals surface area contributed by atoms with Crippen LogP contribution in [0.1, 0.15) is 65.3 Å². The van der Waals surface area contributed by atoms with Crippen molar-refractivity contribution in [2.75, 3.05) is 0 Å². The zero-order valence-electron chi connectivity index (χ0n) is 32.6. The molecule has 2 heterocycles. The first-order valence-electron chi connectivity index (χ1n) is 20.5. The Morgan fingerprint density at radius 1 is 0.517 bits per heavy atom. The fraction of sp³-hybridized carbons (Fsp3) is 0.127. The number of allylic oxidation sites excluding steroid dienone is 4. The Balaban J connectivity index is 1.04. The van der Waals surface area contributed by atoms with Gasteiger partial charge in [-0.25, -0.2) is 4.99 Å². The van der Waals surface area contributed by atoms with E-state index >= 15 is 0 Å². The fourth-order valence-corrected chi connectivity index (χ4v) is 10.2. The summed E-state index contributed by atoms with van der Waals surface area (Å²) in [6.45, 7) is 4.64. The minimum atomic E-state index is -0.493. The van der Waals surface area contributed by atoms with E-state index in [1.54, 1.807) is 0 Å². The smallest absolute Gasteiger partial charge is 0.155 e. The maximum Gasteiger partial charge on any atom is 0.155 e. The highest BCUT2D eigenvalue weighted by atomic mass is 16.5. The number of aliphatic imine (C=N–C) groups is 2. The molecule has 1 spiro atoms. The van der Waals surface area contributed by atoms with Crippen LogP contribution in [-0.2, 0) is 5.41 Å². The van der Waals surface area contributed by atoms with Crippen LogP contribution in [0.2, 0.25) is 0 Å². The Labute approximate surface area is 340 Å². The third-order valence-electron chi connectivity index (χ3n) is 12.8. The van der Waals surface area contributed by atoms with Crippen molar-refractivity contribution in [3.8, 4) is 33.8 Å². The van der Waals surface area contributed by atoms with Crippen LogP contribution in [0.4, 0.5) is 0 Å². The molecule has 0 radical (unpaired) electrons. The Hall–Kier alpha value is -6.84. The lowest BCUT2D eigenvalue weighted by Crippen LogP contribution is -2.32. The van der Waals surface area contributed by atoms with E-state index in [0.29, 0.717) is 5.92 Å². The first-order chi connectivity index (χ1) is 28.6. The maximum atomic E-state index is 6.93. The fourth-order valence-electron chi connectivity index (χ4n) is 10.2. The monoisotopic (exact) mass is 746 g/mol. The van der Waals surface area contributed by atoms with Gasteiger partial charge in [-0.2, -0.15) is 0 Å². The predicted octanol–water partition coefficient (Wildman–Crippen LogP) is 13.5. The molecule has 11 rings (SSSR count). The zero-order valence-corrected chi connectivity index (χ0v) is 32.6. The molecule has 3 unspecified atom stereocenters. The second-order valence-corrected chi connectivity index (χ2v) is 16.1. The Morgan fingerprint density at radius 3 is 1.81 bits per heavy atom. The van der Waals surface area contributed by atoms with Gasteiger partial charge >= 0.3 is 0 Å². The number of hydrogen-bond donors (Lipinski definition) is 0. The lowest BCUT2D eigenvalue weighted by Gasteiger charge is -2.39. The second-order valence-electron chi connectivity index (χ2n) is 16.1. The average Bonchev–Trinajstić information content (AvgIpc) is 3.57. The molecule has 0 saturated heterocycles. The molecule has 7 aromatic rings. The summed E-state index contributed by atoms with van der Waals surface area (Å²) < 4.78 is 6.93. The van der Waals surface area contributed by atoms with Crippen molar-refractivity contribution in [2.24, 2.45) is 21.8 Å². The highest BCUT2D eigenvalue weighted by Crippen LogP contribution is 2.62. The molecule has 278 valence electrons. The van der Waals surface area contributed by atoms with Gasteiger partial charge in [-0.15, -0.1) is 0 Å². The Bertz CT molecular complexity index is 2830. The molecule has 3 atom stereocenters. The van der Waals surface area contributed by atoms with Crippen molar-refractivity contribution in [1.29, 1.82) is 0 Å². The van der Waals surface area contributed by atoms with E-state index in [0.717, 1.165) is 51.7 Å². The molecule has 0 amide bonds.